The van der Waals surface area contributed by atoms with Crippen molar-refractivity contribution in [3.05, 3.63) is 94.0 Å². The molecule has 3 aromatic carbocycles. The van der Waals surface area contributed by atoms with Gasteiger partial charge in [-0.3, -0.25) is 9.59 Å². The van der Waals surface area contributed by atoms with Crippen LogP contribution >= 0.6 is 0 Å². The Hall–Kier alpha value is -4.00. The molecule has 1 aliphatic rings. The van der Waals surface area contributed by atoms with Crippen LogP contribution in [-0.4, -0.2) is 45.4 Å². The van der Waals surface area contributed by atoms with E-state index in [9.17, 15) is 9.59 Å². The fourth-order valence-corrected chi connectivity index (χ4v) is 5.52. The largest absolute Gasteiger partial charge is 0.469 e. The Morgan fingerprint density at radius 2 is 1.89 bits per heavy atom. The van der Waals surface area contributed by atoms with Crippen LogP contribution in [0.2, 0.25) is 0 Å². The van der Waals surface area contributed by atoms with Gasteiger partial charge in [0.15, 0.2) is 0 Å². The highest BCUT2D eigenvalue weighted by atomic mass is 16.5. The lowest BCUT2D eigenvalue weighted by atomic mass is 9.82. The molecule has 0 bridgehead atoms. The van der Waals surface area contributed by atoms with Crippen molar-refractivity contribution in [2.24, 2.45) is 0 Å². The molecule has 0 saturated carbocycles. The fraction of sp³-hybridized carbons (Fsp3) is 0.333. The van der Waals surface area contributed by atoms with Gasteiger partial charge < -0.3 is 9.64 Å². The predicted octanol–water partition coefficient (Wildman–Crippen LogP) is 5.21. The minimum atomic E-state index is -0.270. The van der Waals surface area contributed by atoms with Gasteiger partial charge in [0, 0.05) is 24.6 Å². The van der Waals surface area contributed by atoms with E-state index in [1.807, 2.05) is 59.8 Å². The molecule has 7 heteroatoms. The minimum absolute atomic E-state index is 0.0376. The van der Waals surface area contributed by atoms with Gasteiger partial charge in [0.25, 0.3) is 5.91 Å². The second-order valence-electron chi connectivity index (χ2n) is 9.63. The Labute approximate surface area is 217 Å². The molecule has 5 rings (SSSR count). The summed E-state index contributed by atoms with van der Waals surface area (Å²) >= 11 is 0. The van der Waals surface area contributed by atoms with Crippen LogP contribution in [0, 0.1) is 6.92 Å². The van der Waals surface area contributed by atoms with Gasteiger partial charge in [0.2, 0.25) is 0 Å². The third kappa shape index (κ3) is 4.50. The van der Waals surface area contributed by atoms with E-state index in [-0.39, 0.29) is 30.3 Å². The normalized spacial score (nSPS) is 15.9. The first-order valence-electron chi connectivity index (χ1n) is 12.8. The van der Waals surface area contributed by atoms with E-state index in [0.29, 0.717) is 12.1 Å². The zero-order chi connectivity index (χ0) is 26.1. The third-order valence-electron chi connectivity index (χ3n) is 7.65. The predicted molar refractivity (Wildman–Crippen MR) is 142 cm³/mol. The van der Waals surface area contributed by atoms with Crippen molar-refractivity contribution >= 4 is 22.9 Å². The molecule has 1 unspecified atom stereocenters. The van der Waals surface area contributed by atoms with Crippen LogP contribution in [0.4, 0.5) is 0 Å². The van der Waals surface area contributed by atoms with Crippen LogP contribution in [0.25, 0.3) is 11.0 Å². The van der Waals surface area contributed by atoms with Crippen molar-refractivity contribution in [2.75, 3.05) is 13.7 Å². The number of carbonyl (C=O) groups is 2. The van der Waals surface area contributed by atoms with E-state index < -0.39 is 0 Å². The Balaban J connectivity index is 1.55. The van der Waals surface area contributed by atoms with Gasteiger partial charge in [-0.25, -0.2) is 4.68 Å². The summed E-state index contributed by atoms with van der Waals surface area (Å²) in [5, 5.41) is 8.70. The van der Waals surface area contributed by atoms with Crippen LogP contribution in [0.5, 0.6) is 0 Å². The lowest BCUT2D eigenvalue weighted by Gasteiger charge is -2.36. The van der Waals surface area contributed by atoms with Gasteiger partial charge in [0.05, 0.1) is 25.1 Å². The number of rotatable bonds is 6. The Morgan fingerprint density at radius 3 is 2.62 bits per heavy atom. The number of fused-ring (bicyclic) bond motifs is 2. The number of ether oxygens (including phenoxy) is 1. The Kier molecular flexibility index (Phi) is 6.78. The van der Waals surface area contributed by atoms with Crippen molar-refractivity contribution < 1.29 is 14.3 Å². The first-order chi connectivity index (χ1) is 17.9. The van der Waals surface area contributed by atoms with Crippen LogP contribution < -0.4 is 0 Å². The van der Waals surface area contributed by atoms with Crippen molar-refractivity contribution in [1.82, 2.24) is 19.9 Å². The molecule has 0 spiro atoms. The highest BCUT2D eigenvalue weighted by Crippen LogP contribution is 2.38. The maximum absolute atomic E-state index is 13.3. The highest BCUT2D eigenvalue weighted by molar-refractivity contribution is 5.94. The molecule has 2 atom stereocenters. The molecule has 0 radical (unpaired) electrons. The van der Waals surface area contributed by atoms with Crippen molar-refractivity contribution in [3.63, 3.8) is 0 Å². The third-order valence-corrected chi connectivity index (χ3v) is 7.65. The van der Waals surface area contributed by atoms with Gasteiger partial charge in [-0.15, -0.1) is 5.10 Å². The topological polar surface area (TPSA) is 77.3 Å². The quantitative estimate of drug-likeness (QED) is 0.342. The second kappa shape index (κ2) is 10.2. The van der Waals surface area contributed by atoms with E-state index in [0.717, 1.165) is 46.3 Å². The Bertz CT molecular complexity index is 1460. The number of esters is 1. The van der Waals surface area contributed by atoms with Crippen molar-refractivity contribution in [3.8, 4) is 0 Å². The molecule has 0 saturated heterocycles. The zero-order valence-electron chi connectivity index (χ0n) is 21.8. The summed E-state index contributed by atoms with van der Waals surface area (Å²) in [4.78, 5) is 27.8. The number of hydrogen-bond acceptors (Lipinski definition) is 5. The Morgan fingerprint density at radius 1 is 1.11 bits per heavy atom. The van der Waals surface area contributed by atoms with Crippen LogP contribution in [0.3, 0.4) is 0 Å². The molecule has 0 N–H and O–H groups in total. The number of aromatic nitrogens is 3. The summed E-state index contributed by atoms with van der Waals surface area (Å²) in [6, 6.07) is 19.9. The molecule has 7 nitrogen and oxygen atoms in total. The van der Waals surface area contributed by atoms with Crippen molar-refractivity contribution in [1.29, 1.82) is 0 Å². The van der Waals surface area contributed by atoms with Crippen LogP contribution in [-0.2, 0) is 22.5 Å². The van der Waals surface area contributed by atoms with Gasteiger partial charge in [0.1, 0.15) is 5.52 Å². The van der Waals surface area contributed by atoms with Gasteiger partial charge in [-0.05, 0) is 73.2 Å². The standard InChI is InChI=1S/C30H32N4O3/c1-5-34-27-14-13-24(19(2)29(27)31-32-34)26(18-28(35)37-4)23-12-11-21-15-16-33(20(3)25(21)17-23)30(36)22-9-7-6-8-10-22/h6-14,17,20,26H,5,15-16,18H2,1-4H3/t20-,26?/m0/s1. The monoisotopic (exact) mass is 496 g/mol. The van der Waals surface area contributed by atoms with E-state index >= 15 is 0 Å². The van der Waals surface area contributed by atoms with Gasteiger partial charge >= 0.3 is 5.97 Å². The zero-order valence-corrected chi connectivity index (χ0v) is 21.8. The average molecular weight is 497 g/mol. The minimum Gasteiger partial charge on any atom is -0.469 e. The number of aryl methyl sites for hydroxylation is 2. The summed E-state index contributed by atoms with van der Waals surface area (Å²) in [6.07, 6.45) is 1.01. The first kappa shape index (κ1) is 24.7. The maximum atomic E-state index is 13.3. The summed E-state index contributed by atoms with van der Waals surface area (Å²) < 4.78 is 6.96. The summed E-state index contributed by atoms with van der Waals surface area (Å²) in [7, 11) is 1.42. The van der Waals surface area contributed by atoms with Crippen LogP contribution in [0.15, 0.2) is 60.7 Å². The highest BCUT2D eigenvalue weighted by Gasteiger charge is 2.30. The molecule has 2 heterocycles. The number of hydrogen-bond donors (Lipinski definition) is 0. The van der Waals surface area contributed by atoms with Gasteiger partial charge in [-0.2, -0.15) is 0 Å². The lowest BCUT2D eigenvalue weighted by Crippen LogP contribution is -2.39. The molecule has 190 valence electrons. The number of carbonyl (C=O) groups excluding carboxylic acids is 2. The summed E-state index contributed by atoms with van der Waals surface area (Å²) in [5.41, 5.74) is 7.95. The van der Waals surface area contributed by atoms with Gasteiger partial charge in [-0.1, -0.05) is 47.7 Å². The lowest BCUT2D eigenvalue weighted by molar-refractivity contribution is -0.140. The summed E-state index contributed by atoms with van der Waals surface area (Å²) in [6.45, 7) is 7.57. The molecule has 1 aliphatic heterocycles. The van der Waals surface area contributed by atoms with E-state index in [1.54, 1.807) is 0 Å². The number of methoxy groups -OCH3 is 1. The molecule has 1 amide bonds. The molecule has 0 aliphatic carbocycles. The smallest absolute Gasteiger partial charge is 0.306 e. The van der Waals surface area contributed by atoms with E-state index in [1.165, 1.54) is 12.7 Å². The number of benzene rings is 3. The number of amides is 1. The SMILES string of the molecule is CCn1nnc2c(C)c(C(CC(=O)OC)c3ccc4c(c3)[C@H](C)N(C(=O)c3ccccc3)CC4)ccc21. The molecule has 1 aromatic heterocycles. The second-order valence-corrected chi connectivity index (χ2v) is 9.63. The molecular formula is C30H32N4O3. The molecule has 4 aromatic rings. The van der Waals surface area contributed by atoms with E-state index in [4.69, 9.17) is 4.74 Å². The molecular weight excluding hydrogens is 464 g/mol. The molecule has 37 heavy (non-hydrogen) atoms. The maximum Gasteiger partial charge on any atom is 0.306 e. The first-order valence-corrected chi connectivity index (χ1v) is 12.8. The average Bonchev–Trinajstić information content (AvgIpc) is 3.36. The van der Waals surface area contributed by atoms with Crippen LogP contribution in [0.1, 0.15) is 70.4 Å². The fourth-order valence-electron chi connectivity index (χ4n) is 5.52. The van der Waals surface area contributed by atoms with Crippen molar-refractivity contribution in [2.45, 2.75) is 52.1 Å². The van der Waals surface area contributed by atoms with E-state index in [2.05, 4.69) is 41.5 Å². The molecule has 0 fully saturated rings. The summed E-state index contributed by atoms with van der Waals surface area (Å²) in [5.74, 6) is -0.440. The number of nitrogens with zero attached hydrogens (tertiary/aromatic N) is 4.